The average Bonchev–Trinajstić information content (AvgIpc) is 3.65. The fourth-order valence-corrected chi connectivity index (χ4v) is 6.90. The number of rotatable bonds is 10. The first-order chi connectivity index (χ1) is 21.8. The number of aromatic nitrogens is 2. The van der Waals surface area contributed by atoms with E-state index in [0.29, 0.717) is 44.4 Å². The smallest absolute Gasteiger partial charge is 0.410 e. The highest BCUT2D eigenvalue weighted by molar-refractivity contribution is 6.31. The molecular weight excluding hydrogens is 596 g/mol. The van der Waals surface area contributed by atoms with Crippen molar-refractivity contribution in [3.05, 3.63) is 77.6 Å². The predicted octanol–water partition coefficient (Wildman–Crippen LogP) is 3.44. The quantitative estimate of drug-likeness (QED) is 0.375. The maximum atomic E-state index is 13.0. The van der Waals surface area contributed by atoms with Gasteiger partial charge >= 0.3 is 6.09 Å². The molecule has 6 atom stereocenters. The van der Waals surface area contributed by atoms with E-state index in [9.17, 15) is 9.59 Å². The van der Waals surface area contributed by atoms with Crippen LogP contribution in [0.2, 0.25) is 0 Å². The number of methoxy groups -OCH3 is 1. The minimum Gasteiger partial charge on any atom is -0.444 e. The van der Waals surface area contributed by atoms with Gasteiger partial charge in [0.1, 0.15) is 12.7 Å². The van der Waals surface area contributed by atoms with E-state index < -0.39 is 6.04 Å². The molecule has 0 radical (unpaired) electrons. The van der Waals surface area contributed by atoms with Crippen LogP contribution in [0.5, 0.6) is 0 Å². The monoisotopic (exact) mass is 640 g/mol. The average molecular weight is 641 g/mol. The second kappa shape index (κ2) is 15.3. The van der Waals surface area contributed by atoms with Crippen molar-refractivity contribution in [2.24, 2.45) is 18.9 Å². The molecule has 2 amide bonds. The van der Waals surface area contributed by atoms with E-state index in [4.69, 9.17) is 25.8 Å². The number of carbonyl (C=O) groups excluding carboxylic acids is 2. The minimum absolute atomic E-state index is 0.00801. The van der Waals surface area contributed by atoms with Crippen LogP contribution in [0.3, 0.4) is 0 Å². The van der Waals surface area contributed by atoms with Crippen molar-refractivity contribution in [2.75, 3.05) is 53.1 Å². The molecule has 4 heterocycles. The first-order valence-corrected chi connectivity index (χ1v) is 16.0. The van der Waals surface area contributed by atoms with Crippen LogP contribution in [-0.4, -0.2) is 103 Å². The number of nitrogens with zero attached hydrogens (tertiary/aromatic N) is 4. The Labute approximate surface area is 270 Å². The fraction of sp³-hybridized carbons (Fsp3) is 0.545. The largest absolute Gasteiger partial charge is 0.444 e. The third kappa shape index (κ3) is 7.89. The molecule has 11 nitrogen and oxygen atoms in total. The van der Waals surface area contributed by atoms with Gasteiger partial charge in [0.15, 0.2) is 0 Å². The molecule has 0 saturated carbocycles. The predicted molar refractivity (Wildman–Crippen MR) is 172 cm³/mol. The van der Waals surface area contributed by atoms with E-state index in [2.05, 4.69) is 52.2 Å². The Balaban J connectivity index is 1.44. The van der Waals surface area contributed by atoms with Crippen LogP contribution < -0.4 is 10.6 Å². The highest BCUT2D eigenvalue weighted by Gasteiger charge is 2.42. The summed E-state index contributed by atoms with van der Waals surface area (Å²) in [6.45, 7) is 10.2. The van der Waals surface area contributed by atoms with Crippen molar-refractivity contribution in [2.45, 2.75) is 44.0 Å². The highest BCUT2D eigenvalue weighted by atomic mass is 35.5. The molecule has 1 aromatic heterocycles. The second-order valence-corrected chi connectivity index (χ2v) is 12.5. The zero-order chi connectivity index (χ0) is 31.9. The molecule has 0 aromatic carbocycles. The minimum atomic E-state index is -0.523. The molecule has 0 spiro atoms. The molecular formula is C33H45ClN6O5. The van der Waals surface area contributed by atoms with Gasteiger partial charge in [-0.2, -0.15) is 0 Å². The second-order valence-electron chi connectivity index (χ2n) is 12.1. The lowest BCUT2D eigenvalue weighted by atomic mass is 9.72. The molecule has 45 heavy (non-hydrogen) atoms. The molecule has 1 aromatic rings. The van der Waals surface area contributed by atoms with Gasteiger partial charge in [-0.25, -0.2) is 9.78 Å². The number of amides is 2. The van der Waals surface area contributed by atoms with E-state index in [1.54, 1.807) is 17.4 Å². The number of carbonyl (C=O) groups is 2. The molecule has 1 aliphatic carbocycles. The summed E-state index contributed by atoms with van der Waals surface area (Å²) in [7, 11) is 3.39. The summed E-state index contributed by atoms with van der Waals surface area (Å²) in [5.41, 5.74) is 2.85. The first kappa shape index (κ1) is 33.0. The molecule has 12 heteroatoms. The summed E-state index contributed by atoms with van der Waals surface area (Å²) < 4.78 is 18.1. The number of piperazine rings is 1. The number of halogens is 1. The molecule has 2 fully saturated rings. The van der Waals surface area contributed by atoms with E-state index >= 15 is 0 Å². The van der Waals surface area contributed by atoms with Crippen molar-refractivity contribution in [1.29, 1.82) is 0 Å². The number of ether oxygens (including phenoxy) is 3. The van der Waals surface area contributed by atoms with Gasteiger partial charge in [0.2, 0.25) is 5.91 Å². The highest BCUT2D eigenvalue weighted by Crippen LogP contribution is 2.41. The van der Waals surface area contributed by atoms with E-state index in [-0.39, 0.29) is 48.6 Å². The number of aryl methyl sites for hydroxylation is 1. The summed E-state index contributed by atoms with van der Waals surface area (Å²) in [6, 6.07) is -0.553. The summed E-state index contributed by atoms with van der Waals surface area (Å²) in [5.74, 6) is -0.528. The van der Waals surface area contributed by atoms with Crippen LogP contribution in [-0.2, 0) is 26.1 Å². The Morgan fingerprint density at radius 2 is 2.09 bits per heavy atom. The Morgan fingerprint density at radius 1 is 1.29 bits per heavy atom. The normalized spacial score (nSPS) is 26.7. The lowest BCUT2D eigenvalue weighted by Crippen LogP contribution is -2.60. The van der Waals surface area contributed by atoms with Gasteiger partial charge in [-0.3, -0.25) is 9.69 Å². The molecule has 2 N–H and O–H groups in total. The molecule has 5 rings (SSSR count). The van der Waals surface area contributed by atoms with Crippen LogP contribution in [0.1, 0.15) is 31.5 Å². The molecule has 244 valence electrons. The van der Waals surface area contributed by atoms with Gasteiger partial charge in [-0.05, 0) is 31.2 Å². The third-order valence-corrected chi connectivity index (χ3v) is 9.36. The number of allylic oxidation sites excluding steroid dienone is 5. The summed E-state index contributed by atoms with van der Waals surface area (Å²) in [5, 5.41) is 7.40. The maximum absolute atomic E-state index is 13.0. The zero-order valence-corrected chi connectivity index (χ0v) is 27.1. The number of hydrogen-bond donors (Lipinski definition) is 2. The Morgan fingerprint density at radius 3 is 2.78 bits per heavy atom. The SMILES string of the molecule is C=C(C1C=C(Cl)C=CC1[C@@H](C1NC=CCC=C1C)N1CCN(C(=O)O[C@H]2CCOC2)CC1)[C@@H](NC(=O)COC)c1cncn1C. The standard InChI is InChI=1S/C33H45ClN6O5/c1-22-7-5-6-11-36-30(22)32(39-12-14-40(15-13-39)33(42)45-25-10-16-44-19-25)26-9-8-24(34)17-27(26)23(2)31(37-29(41)20-43-4)28-18-35-21-38(28)3/h6-9,11,17-18,21,25-27,30-32,36H,2,5,10,12-16,19-20H2,1,3-4H3,(H,37,41)/t25-,26?,27?,30?,31+,32-/m0/s1. The van der Waals surface area contributed by atoms with Gasteiger partial charge in [-0.1, -0.05) is 48.1 Å². The van der Waals surface area contributed by atoms with Crippen molar-refractivity contribution >= 4 is 23.6 Å². The lowest BCUT2D eigenvalue weighted by molar-refractivity contribution is -0.125. The van der Waals surface area contributed by atoms with Gasteiger partial charge < -0.3 is 34.3 Å². The Kier molecular flexibility index (Phi) is 11.2. The number of nitrogens with one attached hydrogen (secondary N) is 2. The molecule has 0 bridgehead atoms. The Hall–Kier alpha value is -3.38. The van der Waals surface area contributed by atoms with Gasteiger partial charge in [0, 0.05) is 69.7 Å². The maximum Gasteiger partial charge on any atom is 0.410 e. The van der Waals surface area contributed by atoms with Crippen LogP contribution >= 0.6 is 11.6 Å². The topological polar surface area (TPSA) is 110 Å². The van der Waals surface area contributed by atoms with Gasteiger partial charge in [0.25, 0.3) is 0 Å². The van der Waals surface area contributed by atoms with Crippen molar-refractivity contribution in [3.63, 3.8) is 0 Å². The van der Waals surface area contributed by atoms with Crippen LogP contribution in [0.4, 0.5) is 4.79 Å². The van der Waals surface area contributed by atoms with E-state index in [0.717, 1.165) is 24.1 Å². The molecule has 4 aliphatic rings. The van der Waals surface area contributed by atoms with Gasteiger partial charge in [0.05, 0.1) is 43.5 Å². The van der Waals surface area contributed by atoms with Crippen LogP contribution in [0, 0.1) is 11.8 Å². The van der Waals surface area contributed by atoms with Crippen molar-refractivity contribution < 1.29 is 23.8 Å². The van der Waals surface area contributed by atoms with E-state index in [1.807, 2.05) is 30.0 Å². The molecule has 3 unspecified atom stereocenters. The van der Waals surface area contributed by atoms with Gasteiger partial charge in [-0.15, -0.1) is 0 Å². The third-order valence-electron chi connectivity index (χ3n) is 9.11. The zero-order valence-electron chi connectivity index (χ0n) is 26.4. The summed E-state index contributed by atoms with van der Waals surface area (Å²) >= 11 is 6.68. The molecule has 2 saturated heterocycles. The summed E-state index contributed by atoms with van der Waals surface area (Å²) in [6.07, 6.45) is 17.2. The Bertz CT molecular complexity index is 1340. The van der Waals surface area contributed by atoms with E-state index in [1.165, 1.54) is 12.7 Å². The van der Waals surface area contributed by atoms with Crippen LogP contribution in [0.15, 0.2) is 71.9 Å². The van der Waals surface area contributed by atoms with Crippen LogP contribution in [0.25, 0.3) is 0 Å². The number of hydrogen-bond acceptors (Lipinski definition) is 8. The lowest BCUT2D eigenvalue weighted by Gasteiger charge is -2.47. The van der Waals surface area contributed by atoms with Crippen molar-refractivity contribution in [3.8, 4) is 0 Å². The first-order valence-electron chi connectivity index (χ1n) is 15.6. The molecule has 3 aliphatic heterocycles. The van der Waals surface area contributed by atoms with Crippen molar-refractivity contribution in [1.82, 2.24) is 30.0 Å². The number of imidazole rings is 1. The summed E-state index contributed by atoms with van der Waals surface area (Å²) in [4.78, 5) is 34.4. The fourth-order valence-electron chi connectivity index (χ4n) is 6.69.